The van der Waals surface area contributed by atoms with E-state index in [2.05, 4.69) is 4.98 Å². The van der Waals surface area contributed by atoms with Crippen molar-refractivity contribution < 1.29 is 27.1 Å². The van der Waals surface area contributed by atoms with Gasteiger partial charge in [0.15, 0.2) is 15.6 Å². The molecule has 0 fully saturated rings. The molecule has 0 saturated carbocycles. The minimum Gasteiger partial charge on any atom is -0.422 e. The topological polar surface area (TPSA) is 93.6 Å². The van der Waals surface area contributed by atoms with Crippen molar-refractivity contribution in [1.29, 1.82) is 0 Å². The summed E-state index contributed by atoms with van der Waals surface area (Å²) in [5.41, 5.74) is -0.937. The van der Waals surface area contributed by atoms with Crippen LogP contribution in [0.5, 0.6) is 0 Å². The Labute approximate surface area is 213 Å². The summed E-state index contributed by atoms with van der Waals surface area (Å²) in [7, 11) is -2.92. The van der Waals surface area contributed by atoms with Crippen molar-refractivity contribution >= 4 is 61.3 Å². The van der Waals surface area contributed by atoms with Crippen molar-refractivity contribution in [2.75, 3.05) is 11.9 Å². The third-order valence-corrected chi connectivity index (χ3v) is 8.99. The Kier molecular flexibility index (Phi) is 6.87. The maximum absolute atomic E-state index is 14.2. The van der Waals surface area contributed by atoms with Crippen LogP contribution in [-0.2, 0) is 28.9 Å². The second-order valence-electron chi connectivity index (χ2n) is 9.70. The Hall–Kier alpha value is -2.49. The van der Waals surface area contributed by atoms with Crippen LogP contribution in [0.2, 0.25) is 10.0 Å². The number of esters is 1. The average molecular weight is 543 g/mol. The molecule has 0 spiro atoms. The molecule has 0 aliphatic carbocycles. The van der Waals surface area contributed by atoms with Crippen molar-refractivity contribution in [2.45, 2.75) is 46.3 Å². The molecular formula is C24H25Cl2FN2O5S. The lowest BCUT2D eigenvalue weighted by Gasteiger charge is -2.35. The number of hydrogen-bond acceptors (Lipinski definition) is 6. The fraction of sp³-hybridized carbons (Fsp3) is 0.375. The molecule has 188 valence electrons. The van der Waals surface area contributed by atoms with Gasteiger partial charge in [0.1, 0.15) is 16.4 Å². The van der Waals surface area contributed by atoms with E-state index in [0.29, 0.717) is 0 Å². The maximum Gasteiger partial charge on any atom is 0.316 e. The van der Waals surface area contributed by atoms with Crippen LogP contribution in [0.25, 0.3) is 10.7 Å². The van der Waals surface area contributed by atoms with Gasteiger partial charge >= 0.3 is 5.97 Å². The molecule has 35 heavy (non-hydrogen) atoms. The lowest BCUT2D eigenvalue weighted by Crippen LogP contribution is -2.36. The second kappa shape index (κ2) is 8.87. The zero-order valence-corrected chi connectivity index (χ0v) is 22.6. The number of halogens is 3. The van der Waals surface area contributed by atoms with Crippen molar-refractivity contribution in [3.05, 3.63) is 57.1 Å². The summed E-state index contributed by atoms with van der Waals surface area (Å²) in [6, 6.07) is 3.81. The molecule has 0 unspecified atom stereocenters. The smallest absolute Gasteiger partial charge is 0.316 e. The summed E-state index contributed by atoms with van der Waals surface area (Å²) in [6.45, 7) is 8.90. The number of hydrogen-bond donors (Lipinski definition) is 0. The summed E-state index contributed by atoms with van der Waals surface area (Å²) in [5, 5.41) is -0.0298. The first-order chi connectivity index (χ1) is 15.9. The van der Waals surface area contributed by atoms with Gasteiger partial charge in [0.2, 0.25) is 5.91 Å². The van der Waals surface area contributed by atoms with E-state index < -0.39 is 42.6 Å². The van der Waals surface area contributed by atoms with Crippen LogP contribution >= 0.6 is 23.2 Å². The summed E-state index contributed by atoms with van der Waals surface area (Å²) < 4.78 is 46.2. The molecule has 1 aliphatic rings. The maximum atomic E-state index is 14.2. The molecule has 0 N–H and O–H groups in total. The van der Waals surface area contributed by atoms with Gasteiger partial charge in [-0.05, 0) is 46.8 Å². The number of carbonyl (C=O) groups is 2. The number of amides is 1. The van der Waals surface area contributed by atoms with Gasteiger partial charge in [-0.1, -0.05) is 29.3 Å². The van der Waals surface area contributed by atoms with Gasteiger partial charge in [-0.25, -0.2) is 17.8 Å². The predicted octanol–water partition coefficient (Wildman–Crippen LogP) is 5.59. The first-order valence-electron chi connectivity index (χ1n) is 10.5. The molecule has 1 amide bonds. The minimum absolute atomic E-state index is 0.00804. The number of aromatic nitrogens is 1. The average Bonchev–Trinajstić information content (AvgIpc) is 2.72. The summed E-state index contributed by atoms with van der Waals surface area (Å²) >= 11 is 13.0. The molecule has 2 aromatic rings. The first-order valence-corrected chi connectivity index (χ1v) is 12.8. The summed E-state index contributed by atoms with van der Waals surface area (Å²) in [5.74, 6) is -2.25. The quantitative estimate of drug-likeness (QED) is 0.469. The standard InChI is InChI=1S/C24H25Cl2FN2O5S/c1-12(30)29(7)19-16(25)9-8-14(17(19)26)21-20(34-22(31)23(2,3)4)18-15(10-13(27)11-28-18)24(5,6)35(21,32)33/h8-11H,1-7H3. The van der Waals surface area contributed by atoms with Gasteiger partial charge in [0.05, 0.1) is 32.1 Å². The first kappa shape index (κ1) is 27.1. The van der Waals surface area contributed by atoms with E-state index >= 15 is 0 Å². The lowest BCUT2D eigenvalue weighted by molar-refractivity contribution is -0.145. The van der Waals surface area contributed by atoms with E-state index in [1.165, 1.54) is 44.9 Å². The van der Waals surface area contributed by atoms with E-state index in [1.54, 1.807) is 20.8 Å². The molecule has 0 radical (unpaired) electrons. The van der Waals surface area contributed by atoms with Crippen LogP contribution in [-0.4, -0.2) is 32.3 Å². The largest absolute Gasteiger partial charge is 0.422 e. The Bertz CT molecular complexity index is 1400. The molecule has 0 atom stereocenters. The third kappa shape index (κ3) is 4.45. The molecule has 1 aliphatic heterocycles. The summed E-state index contributed by atoms with van der Waals surface area (Å²) in [4.78, 5) is 29.8. The normalized spacial score (nSPS) is 16.5. The molecule has 3 rings (SSSR count). The van der Waals surface area contributed by atoms with Crippen molar-refractivity contribution in [1.82, 2.24) is 4.98 Å². The van der Waals surface area contributed by atoms with E-state index in [-0.39, 0.29) is 38.3 Å². The Morgan fingerprint density at radius 1 is 1.17 bits per heavy atom. The highest BCUT2D eigenvalue weighted by molar-refractivity contribution is 8.01. The minimum atomic E-state index is -4.36. The fourth-order valence-corrected chi connectivity index (χ4v) is 6.07. The number of nitrogens with zero attached hydrogens (tertiary/aromatic N) is 2. The van der Waals surface area contributed by atoms with Crippen LogP contribution in [0.1, 0.15) is 58.4 Å². The fourth-order valence-electron chi connectivity index (χ4n) is 3.50. The van der Waals surface area contributed by atoms with Gasteiger partial charge in [0, 0.05) is 25.1 Å². The second-order valence-corrected chi connectivity index (χ2v) is 12.9. The summed E-state index contributed by atoms with van der Waals surface area (Å²) in [6.07, 6.45) is 0.911. The number of carbonyl (C=O) groups excluding carboxylic acids is 2. The number of ether oxygens (including phenoxy) is 1. The monoisotopic (exact) mass is 542 g/mol. The molecule has 0 saturated heterocycles. The SMILES string of the molecule is CC(=O)N(C)c1c(Cl)ccc(C2=C(OC(=O)C(C)(C)C)c3ncc(F)cc3C(C)(C)S2(=O)=O)c1Cl. The van der Waals surface area contributed by atoms with Crippen molar-refractivity contribution in [2.24, 2.45) is 5.41 Å². The number of benzene rings is 1. The van der Waals surface area contributed by atoms with Crippen LogP contribution in [0.15, 0.2) is 24.4 Å². The molecule has 2 heterocycles. The lowest BCUT2D eigenvalue weighted by atomic mass is 9.96. The molecule has 11 heteroatoms. The van der Waals surface area contributed by atoms with Crippen molar-refractivity contribution in [3.8, 4) is 0 Å². The Morgan fingerprint density at radius 3 is 2.31 bits per heavy atom. The molecule has 0 bridgehead atoms. The molecule has 1 aromatic heterocycles. The highest BCUT2D eigenvalue weighted by Gasteiger charge is 2.50. The van der Waals surface area contributed by atoms with E-state index in [4.69, 9.17) is 27.9 Å². The van der Waals surface area contributed by atoms with Crippen LogP contribution in [0.3, 0.4) is 0 Å². The molecule has 7 nitrogen and oxygen atoms in total. The Balaban J connectivity index is 2.51. The highest BCUT2D eigenvalue weighted by Crippen LogP contribution is 2.52. The number of pyridine rings is 1. The van der Waals surface area contributed by atoms with Gasteiger partial charge in [-0.2, -0.15) is 0 Å². The van der Waals surface area contributed by atoms with Crippen LogP contribution in [0.4, 0.5) is 10.1 Å². The zero-order valence-electron chi connectivity index (χ0n) is 20.3. The third-order valence-electron chi connectivity index (χ3n) is 5.79. The van der Waals surface area contributed by atoms with Gasteiger partial charge in [-0.3, -0.25) is 9.59 Å². The van der Waals surface area contributed by atoms with Gasteiger partial charge in [-0.15, -0.1) is 0 Å². The van der Waals surface area contributed by atoms with Crippen LogP contribution < -0.4 is 4.90 Å². The Morgan fingerprint density at radius 2 is 1.77 bits per heavy atom. The van der Waals surface area contributed by atoms with Crippen LogP contribution in [0, 0.1) is 11.2 Å². The van der Waals surface area contributed by atoms with E-state index in [0.717, 1.165) is 12.3 Å². The number of fused-ring (bicyclic) bond motifs is 1. The number of anilines is 1. The van der Waals surface area contributed by atoms with E-state index in [1.807, 2.05) is 0 Å². The highest BCUT2D eigenvalue weighted by atomic mass is 35.5. The molecular weight excluding hydrogens is 518 g/mol. The van der Waals surface area contributed by atoms with Gasteiger partial charge < -0.3 is 9.64 Å². The predicted molar refractivity (Wildman–Crippen MR) is 134 cm³/mol. The number of rotatable bonds is 3. The molecule has 1 aromatic carbocycles. The number of sulfone groups is 1. The van der Waals surface area contributed by atoms with Gasteiger partial charge in [0.25, 0.3) is 0 Å². The zero-order chi connectivity index (χ0) is 26.7. The van der Waals surface area contributed by atoms with E-state index in [9.17, 15) is 22.4 Å². The van der Waals surface area contributed by atoms with Crippen molar-refractivity contribution in [3.63, 3.8) is 0 Å².